The second kappa shape index (κ2) is 8.73. The van der Waals surface area contributed by atoms with Crippen LogP contribution in [0.25, 0.3) is 0 Å². The molecule has 0 atom stereocenters. The van der Waals surface area contributed by atoms with E-state index in [2.05, 4.69) is 22.4 Å². The summed E-state index contributed by atoms with van der Waals surface area (Å²) < 4.78 is 26.4. The van der Waals surface area contributed by atoms with Crippen molar-refractivity contribution in [2.75, 3.05) is 33.2 Å². The lowest BCUT2D eigenvalue weighted by Gasteiger charge is -2.34. The van der Waals surface area contributed by atoms with Crippen molar-refractivity contribution in [1.29, 1.82) is 0 Å². The van der Waals surface area contributed by atoms with Crippen molar-refractivity contribution >= 4 is 27.3 Å². The van der Waals surface area contributed by atoms with E-state index in [0.29, 0.717) is 18.7 Å². The van der Waals surface area contributed by atoms with Gasteiger partial charge >= 0.3 is 0 Å². The average Bonchev–Trinajstić information content (AvgIpc) is 3.20. The Kier molecular flexibility index (Phi) is 6.54. The number of nitrogens with zero attached hydrogens (tertiary/aromatic N) is 3. The van der Waals surface area contributed by atoms with Crippen molar-refractivity contribution in [3.63, 3.8) is 0 Å². The molecule has 2 heterocycles. The van der Waals surface area contributed by atoms with Gasteiger partial charge in [-0.15, -0.1) is 11.3 Å². The summed E-state index contributed by atoms with van der Waals surface area (Å²) in [6.45, 7) is 7.63. The summed E-state index contributed by atoms with van der Waals surface area (Å²) in [5.41, 5.74) is 0.526. The molecule has 1 aromatic heterocycles. The van der Waals surface area contributed by atoms with Crippen LogP contribution in [0.4, 0.5) is 0 Å². The maximum Gasteiger partial charge on any atom is 0.253 e. The van der Waals surface area contributed by atoms with E-state index >= 15 is 0 Å². The molecule has 6 nitrogen and oxygen atoms in total. The first-order valence-corrected chi connectivity index (χ1v) is 11.7. The molecule has 0 bridgehead atoms. The van der Waals surface area contributed by atoms with Gasteiger partial charge in [0.25, 0.3) is 5.91 Å². The number of amides is 1. The highest BCUT2D eigenvalue weighted by Gasteiger charge is 2.25. The number of piperazine rings is 1. The van der Waals surface area contributed by atoms with Crippen LogP contribution in [0.2, 0.25) is 0 Å². The normalized spacial score (nSPS) is 16.1. The molecule has 1 aromatic carbocycles. The molecule has 3 rings (SSSR count). The van der Waals surface area contributed by atoms with Crippen molar-refractivity contribution < 1.29 is 13.2 Å². The first kappa shape index (κ1) is 21.0. The summed E-state index contributed by atoms with van der Waals surface area (Å²) in [6.07, 6.45) is 0. The van der Waals surface area contributed by atoms with E-state index in [1.165, 1.54) is 21.3 Å². The molecule has 1 saturated heterocycles. The Bertz CT molecular complexity index is 885. The Morgan fingerprint density at radius 3 is 2.29 bits per heavy atom. The lowest BCUT2D eigenvalue weighted by molar-refractivity contribution is 0.0629. The molecule has 0 radical (unpaired) electrons. The van der Waals surface area contributed by atoms with Gasteiger partial charge in [-0.3, -0.25) is 9.69 Å². The predicted molar refractivity (Wildman–Crippen MR) is 112 cm³/mol. The third-order valence-electron chi connectivity index (χ3n) is 5.12. The van der Waals surface area contributed by atoms with Crippen LogP contribution in [0.15, 0.2) is 46.7 Å². The number of carbonyl (C=O) groups is 1. The molecule has 0 N–H and O–H groups in total. The van der Waals surface area contributed by atoms with Crippen LogP contribution in [-0.2, 0) is 16.6 Å². The smallest absolute Gasteiger partial charge is 0.253 e. The molecule has 0 aliphatic carbocycles. The van der Waals surface area contributed by atoms with Crippen LogP contribution in [0.5, 0.6) is 0 Å². The SMILES string of the molecule is CC(C)N(C)S(=O)(=O)c1ccc(C(=O)N2CCN(Cc3cccs3)CC2)cc1. The van der Waals surface area contributed by atoms with E-state index in [0.717, 1.165) is 19.6 Å². The third kappa shape index (κ3) is 4.63. The summed E-state index contributed by atoms with van der Waals surface area (Å²) in [7, 11) is -1.97. The molecular weight excluding hydrogens is 394 g/mol. The fraction of sp³-hybridized carbons (Fsp3) is 0.450. The van der Waals surface area contributed by atoms with Crippen molar-refractivity contribution in [3.8, 4) is 0 Å². The lowest BCUT2D eigenvalue weighted by Crippen LogP contribution is -2.48. The molecule has 2 aromatic rings. The molecule has 0 spiro atoms. The molecule has 28 heavy (non-hydrogen) atoms. The van der Waals surface area contributed by atoms with Gasteiger partial charge < -0.3 is 4.90 Å². The molecule has 152 valence electrons. The van der Waals surface area contributed by atoms with Crippen molar-refractivity contribution in [2.45, 2.75) is 31.3 Å². The van der Waals surface area contributed by atoms with E-state index in [1.54, 1.807) is 30.5 Å². The van der Waals surface area contributed by atoms with Gasteiger partial charge in [0.1, 0.15) is 0 Å². The Balaban J connectivity index is 1.61. The van der Waals surface area contributed by atoms with Crippen LogP contribution in [0.1, 0.15) is 29.1 Å². The second-order valence-electron chi connectivity index (χ2n) is 7.29. The van der Waals surface area contributed by atoms with Crippen LogP contribution >= 0.6 is 11.3 Å². The number of sulfonamides is 1. The summed E-state index contributed by atoms with van der Waals surface area (Å²) in [4.78, 5) is 18.5. The molecular formula is C20H27N3O3S2. The van der Waals surface area contributed by atoms with Gasteiger partial charge in [-0.2, -0.15) is 4.31 Å². The minimum atomic E-state index is -3.54. The molecule has 1 amide bonds. The third-order valence-corrected chi connectivity index (χ3v) is 8.03. The van der Waals surface area contributed by atoms with E-state index in [4.69, 9.17) is 0 Å². The van der Waals surface area contributed by atoms with Crippen molar-refractivity contribution in [2.24, 2.45) is 0 Å². The number of benzene rings is 1. The van der Waals surface area contributed by atoms with Crippen LogP contribution < -0.4 is 0 Å². The first-order chi connectivity index (χ1) is 13.3. The van der Waals surface area contributed by atoms with Crippen LogP contribution in [-0.4, -0.2) is 67.7 Å². The maximum absolute atomic E-state index is 12.8. The van der Waals surface area contributed by atoms with Crippen molar-refractivity contribution in [3.05, 3.63) is 52.2 Å². The van der Waals surface area contributed by atoms with Crippen LogP contribution in [0.3, 0.4) is 0 Å². The second-order valence-corrected chi connectivity index (χ2v) is 10.3. The predicted octanol–water partition coefficient (Wildman–Crippen LogP) is 2.74. The van der Waals surface area contributed by atoms with Gasteiger partial charge in [-0.25, -0.2) is 8.42 Å². The van der Waals surface area contributed by atoms with Gasteiger partial charge in [-0.1, -0.05) is 6.07 Å². The zero-order valence-electron chi connectivity index (χ0n) is 16.5. The van der Waals surface area contributed by atoms with Crippen molar-refractivity contribution in [1.82, 2.24) is 14.1 Å². The number of thiophene rings is 1. The van der Waals surface area contributed by atoms with E-state index in [1.807, 2.05) is 18.7 Å². The highest BCUT2D eigenvalue weighted by atomic mass is 32.2. The maximum atomic E-state index is 12.8. The van der Waals surface area contributed by atoms with Crippen LogP contribution in [0, 0.1) is 0 Å². The number of carbonyl (C=O) groups excluding carboxylic acids is 1. The zero-order chi connectivity index (χ0) is 20.3. The molecule has 1 aliphatic rings. The number of hydrogen-bond acceptors (Lipinski definition) is 5. The minimum Gasteiger partial charge on any atom is -0.336 e. The molecule has 1 aliphatic heterocycles. The fourth-order valence-corrected chi connectivity index (χ4v) is 5.24. The molecule has 8 heteroatoms. The van der Waals surface area contributed by atoms with Gasteiger partial charge in [0.05, 0.1) is 4.90 Å². The van der Waals surface area contributed by atoms with E-state index in [-0.39, 0.29) is 16.8 Å². The van der Waals surface area contributed by atoms with Gasteiger partial charge in [0.15, 0.2) is 0 Å². The van der Waals surface area contributed by atoms with Gasteiger partial charge in [-0.05, 0) is 49.6 Å². The summed E-state index contributed by atoms with van der Waals surface area (Å²) in [6, 6.07) is 10.3. The molecule has 0 unspecified atom stereocenters. The zero-order valence-corrected chi connectivity index (χ0v) is 18.2. The topological polar surface area (TPSA) is 60.9 Å². The highest BCUT2D eigenvalue weighted by Crippen LogP contribution is 2.19. The van der Waals surface area contributed by atoms with E-state index < -0.39 is 10.0 Å². The summed E-state index contributed by atoms with van der Waals surface area (Å²) in [5.74, 6) is -0.0445. The van der Waals surface area contributed by atoms with E-state index in [9.17, 15) is 13.2 Å². The summed E-state index contributed by atoms with van der Waals surface area (Å²) in [5, 5.41) is 2.08. The standard InChI is InChI=1S/C20H27N3O3S2/c1-16(2)21(3)28(25,26)19-8-6-17(7-9-19)20(24)23-12-10-22(11-13-23)15-18-5-4-14-27-18/h4-9,14,16H,10-13,15H2,1-3H3. The number of hydrogen-bond donors (Lipinski definition) is 0. The van der Waals surface area contributed by atoms with Gasteiger partial charge in [0.2, 0.25) is 10.0 Å². The molecule has 1 fully saturated rings. The largest absolute Gasteiger partial charge is 0.336 e. The monoisotopic (exact) mass is 421 g/mol. The quantitative estimate of drug-likeness (QED) is 0.720. The summed E-state index contributed by atoms with van der Waals surface area (Å²) >= 11 is 1.75. The minimum absolute atomic E-state index is 0.0445. The average molecular weight is 422 g/mol. The Morgan fingerprint density at radius 1 is 1.11 bits per heavy atom. The Labute approximate surface area is 171 Å². The first-order valence-electron chi connectivity index (χ1n) is 9.41. The lowest BCUT2D eigenvalue weighted by atomic mass is 10.2. The Hall–Kier alpha value is -1.74. The van der Waals surface area contributed by atoms with Gasteiger partial charge in [0, 0.05) is 56.3 Å². The fourth-order valence-electron chi connectivity index (χ4n) is 3.13. The Morgan fingerprint density at radius 2 is 1.75 bits per heavy atom. The number of rotatable bonds is 6. The highest BCUT2D eigenvalue weighted by molar-refractivity contribution is 7.89. The molecule has 0 saturated carbocycles.